The zero-order valence-corrected chi connectivity index (χ0v) is 14.5. The number of Topliss-reactive ketones (excluding diaryl/α,β-unsaturated/α-hetero) is 1. The normalized spacial score (nSPS) is 17.2. The average molecular weight is 341 g/mol. The highest BCUT2D eigenvalue weighted by atomic mass is 16.5. The minimum Gasteiger partial charge on any atom is -0.497 e. The number of benzene rings is 3. The summed E-state index contributed by atoms with van der Waals surface area (Å²) >= 11 is 0. The van der Waals surface area contributed by atoms with E-state index in [0.717, 1.165) is 33.7 Å². The number of carbonyl (C=O) groups is 1. The second-order valence-electron chi connectivity index (χ2n) is 6.23. The number of rotatable bonds is 4. The molecule has 1 aliphatic rings. The lowest BCUT2D eigenvalue weighted by Crippen LogP contribution is -2.05. The molecule has 3 nitrogen and oxygen atoms in total. The van der Waals surface area contributed by atoms with E-state index in [1.165, 1.54) is 0 Å². The van der Waals surface area contributed by atoms with Crippen molar-refractivity contribution in [2.75, 3.05) is 12.4 Å². The number of ketones is 1. The first kappa shape index (κ1) is 16.2. The van der Waals surface area contributed by atoms with Crippen LogP contribution >= 0.6 is 0 Å². The second-order valence-corrected chi connectivity index (χ2v) is 6.23. The summed E-state index contributed by atoms with van der Waals surface area (Å²) in [4.78, 5) is 13.0. The molecule has 0 saturated heterocycles. The quantitative estimate of drug-likeness (QED) is 0.677. The molecule has 0 radical (unpaired) electrons. The van der Waals surface area contributed by atoms with E-state index in [0.29, 0.717) is 0 Å². The zero-order chi connectivity index (χ0) is 17.9. The van der Waals surface area contributed by atoms with Crippen LogP contribution in [-0.4, -0.2) is 12.9 Å². The van der Waals surface area contributed by atoms with Crippen LogP contribution in [0.5, 0.6) is 5.75 Å². The number of nitrogens with one attached hydrogen (secondary N) is 1. The molecule has 4 rings (SSSR count). The van der Waals surface area contributed by atoms with Gasteiger partial charge in [0.1, 0.15) is 5.75 Å². The Balaban J connectivity index is 1.72. The van der Waals surface area contributed by atoms with E-state index >= 15 is 0 Å². The molecule has 0 fully saturated rings. The number of hydrogen-bond donors (Lipinski definition) is 1. The lowest BCUT2D eigenvalue weighted by Gasteiger charge is -2.14. The van der Waals surface area contributed by atoms with Gasteiger partial charge in [0.25, 0.3) is 0 Å². The van der Waals surface area contributed by atoms with Gasteiger partial charge in [-0.1, -0.05) is 54.6 Å². The van der Waals surface area contributed by atoms with E-state index in [-0.39, 0.29) is 11.7 Å². The van der Waals surface area contributed by atoms with Crippen molar-refractivity contribution in [1.29, 1.82) is 0 Å². The van der Waals surface area contributed by atoms with Crippen LogP contribution in [0.1, 0.15) is 27.4 Å². The SMILES string of the molecule is COc1ccc(N/C=C2\C(=O)c3ccccc3[C@H]2c2ccccc2)cc1. The standard InChI is InChI=1S/C23H19NO2/c1-26-18-13-11-17(12-14-18)24-15-21-22(16-7-3-2-4-8-16)19-9-5-6-10-20(19)23(21)25/h2-15,22,24H,1H3/b21-15-/t22-/m1/s1. The molecule has 1 N–H and O–H groups in total. The number of ether oxygens (including phenoxy) is 1. The fourth-order valence-electron chi connectivity index (χ4n) is 3.41. The highest BCUT2D eigenvalue weighted by molar-refractivity contribution is 6.15. The van der Waals surface area contributed by atoms with Gasteiger partial charge in [-0.15, -0.1) is 0 Å². The maximum Gasteiger partial charge on any atom is 0.191 e. The van der Waals surface area contributed by atoms with Crippen LogP contribution in [-0.2, 0) is 0 Å². The van der Waals surface area contributed by atoms with Crippen molar-refractivity contribution >= 4 is 11.5 Å². The van der Waals surface area contributed by atoms with Gasteiger partial charge >= 0.3 is 0 Å². The fraction of sp³-hybridized carbons (Fsp3) is 0.0870. The van der Waals surface area contributed by atoms with Crippen molar-refractivity contribution in [2.24, 2.45) is 0 Å². The van der Waals surface area contributed by atoms with Crippen molar-refractivity contribution in [3.8, 4) is 5.75 Å². The fourth-order valence-corrected chi connectivity index (χ4v) is 3.41. The summed E-state index contributed by atoms with van der Waals surface area (Å²) < 4.78 is 5.18. The summed E-state index contributed by atoms with van der Waals surface area (Å²) in [6.45, 7) is 0. The topological polar surface area (TPSA) is 38.3 Å². The minimum absolute atomic E-state index is 0.0503. The number of anilines is 1. The molecule has 0 spiro atoms. The van der Waals surface area contributed by atoms with Gasteiger partial charge in [-0.2, -0.15) is 0 Å². The van der Waals surface area contributed by atoms with Gasteiger partial charge in [0.15, 0.2) is 5.78 Å². The Morgan fingerprint density at radius 2 is 1.58 bits per heavy atom. The first-order valence-corrected chi connectivity index (χ1v) is 8.57. The van der Waals surface area contributed by atoms with Crippen molar-refractivity contribution in [3.63, 3.8) is 0 Å². The van der Waals surface area contributed by atoms with Crippen LogP contribution in [0.3, 0.4) is 0 Å². The Bertz CT molecular complexity index is 959. The van der Waals surface area contributed by atoms with E-state index < -0.39 is 0 Å². The lowest BCUT2D eigenvalue weighted by molar-refractivity contribution is 0.103. The monoisotopic (exact) mass is 341 g/mol. The first-order chi connectivity index (χ1) is 12.8. The molecule has 0 amide bonds. The van der Waals surface area contributed by atoms with Gasteiger partial charge in [0.2, 0.25) is 0 Å². The molecular formula is C23H19NO2. The summed E-state index contributed by atoms with van der Waals surface area (Å²) in [6, 6.07) is 25.6. The Labute approximate surface area is 152 Å². The Morgan fingerprint density at radius 1 is 0.885 bits per heavy atom. The molecule has 0 bridgehead atoms. The minimum atomic E-state index is -0.0503. The van der Waals surface area contributed by atoms with E-state index in [9.17, 15) is 4.79 Å². The molecule has 3 heteroatoms. The van der Waals surface area contributed by atoms with Crippen LogP contribution in [0.4, 0.5) is 5.69 Å². The average Bonchev–Trinajstić information content (AvgIpc) is 2.99. The van der Waals surface area contributed by atoms with E-state index in [4.69, 9.17) is 4.74 Å². The number of hydrogen-bond acceptors (Lipinski definition) is 3. The highest BCUT2D eigenvalue weighted by Gasteiger charge is 2.35. The van der Waals surface area contributed by atoms with E-state index in [2.05, 4.69) is 17.4 Å². The van der Waals surface area contributed by atoms with Crippen LogP contribution in [0.2, 0.25) is 0 Å². The van der Waals surface area contributed by atoms with Gasteiger partial charge < -0.3 is 10.1 Å². The summed E-state index contributed by atoms with van der Waals surface area (Å²) in [6.07, 6.45) is 1.84. The summed E-state index contributed by atoms with van der Waals surface area (Å²) in [5.41, 5.74) is 4.63. The lowest BCUT2D eigenvalue weighted by atomic mass is 9.90. The van der Waals surface area contributed by atoms with E-state index in [1.54, 1.807) is 7.11 Å². The van der Waals surface area contributed by atoms with Crippen LogP contribution in [0, 0.1) is 0 Å². The largest absolute Gasteiger partial charge is 0.497 e. The van der Waals surface area contributed by atoms with Crippen molar-refractivity contribution < 1.29 is 9.53 Å². The third-order valence-corrected chi connectivity index (χ3v) is 4.71. The van der Waals surface area contributed by atoms with Crippen LogP contribution in [0.25, 0.3) is 0 Å². The number of methoxy groups -OCH3 is 1. The Morgan fingerprint density at radius 3 is 2.31 bits per heavy atom. The van der Waals surface area contributed by atoms with Crippen molar-refractivity contribution in [2.45, 2.75) is 5.92 Å². The van der Waals surface area contributed by atoms with Gasteiger partial charge in [0.05, 0.1) is 7.11 Å². The van der Waals surface area contributed by atoms with Gasteiger partial charge in [-0.3, -0.25) is 4.79 Å². The Kier molecular flexibility index (Phi) is 4.28. The molecule has 3 aromatic rings. The van der Waals surface area contributed by atoms with Gasteiger partial charge in [-0.25, -0.2) is 0 Å². The van der Waals surface area contributed by atoms with Crippen LogP contribution in [0.15, 0.2) is 90.6 Å². The Hall–Kier alpha value is -3.33. The highest BCUT2D eigenvalue weighted by Crippen LogP contribution is 2.41. The second kappa shape index (κ2) is 6.89. The van der Waals surface area contributed by atoms with E-state index in [1.807, 2.05) is 72.9 Å². The summed E-state index contributed by atoms with van der Waals surface area (Å²) in [5, 5.41) is 3.26. The molecule has 3 aromatic carbocycles. The third-order valence-electron chi connectivity index (χ3n) is 4.71. The van der Waals surface area contributed by atoms with Gasteiger partial charge in [-0.05, 0) is 35.4 Å². The molecule has 0 saturated carbocycles. The maximum atomic E-state index is 13.0. The molecule has 1 aliphatic carbocycles. The predicted molar refractivity (Wildman–Crippen MR) is 104 cm³/mol. The molecule has 26 heavy (non-hydrogen) atoms. The summed E-state index contributed by atoms with van der Waals surface area (Å²) in [7, 11) is 1.64. The number of fused-ring (bicyclic) bond motifs is 1. The molecule has 0 unspecified atom stereocenters. The molecule has 1 atom stereocenters. The molecule has 128 valence electrons. The first-order valence-electron chi connectivity index (χ1n) is 8.57. The smallest absolute Gasteiger partial charge is 0.191 e. The summed E-state index contributed by atoms with van der Waals surface area (Å²) in [5.74, 6) is 0.829. The third kappa shape index (κ3) is 2.88. The number of carbonyl (C=O) groups excluding carboxylic acids is 1. The maximum absolute atomic E-state index is 13.0. The van der Waals surface area contributed by atoms with Gasteiger partial charge in [0, 0.05) is 28.9 Å². The zero-order valence-electron chi connectivity index (χ0n) is 14.5. The molecule has 0 aromatic heterocycles. The molecule has 0 heterocycles. The molecule has 0 aliphatic heterocycles. The number of allylic oxidation sites excluding steroid dienone is 1. The van der Waals surface area contributed by atoms with Crippen LogP contribution < -0.4 is 10.1 Å². The van der Waals surface area contributed by atoms with Crippen molar-refractivity contribution in [1.82, 2.24) is 0 Å². The molecular weight excluding hydrogens is 322 g/mol. The predicted octanol–water partition coefficient (Wildman–Crippen LogP) is 5.02. The van der Waals surface area contributed by atoms with Crippen molar-refractivity contribution in [3.05, 3.63) is 107 Å².